The molecule has 1 heterocycles. The summed E-state index contributed by atoms with van der Waals surface area (Å²) in [6.07, 6.45) is 2.97. The lowest BCUT2D eigenvalue weighted by atomic mass is 9.93. The number of carbonyl (C=O) groups is 1. The molecule has 1 fully saturated rings. The zero-order valence-electron chi connectivity index (χ0n) is 11.8. The van der Waals surface area contributed by atoms with Crippen molar-refractivity contribution in [3.05, 3.63) is 23.8 Å². The SMILES string of the molecule is O=C(NCc1ccc2c(c1)OCO2)NC1CCC(O)CC1. The van der Waals surface area contributed by atoms with E-state index in [0.29, 0.717) is 6.54 Å². The third kappa shape index (κ3) is 3.58. The Kier molecular flexibility index (Phi) is 4.15. The molecule has 0 saturated heterocycles. The van der Waals surface area contributed by atoms with Crippen LogP contribution in [0.2, 0.25) is 0 Å². The molecule has 21 heavy (non-hydrogen) atoms. The summed E-state index contributed by atoms with van der Waals surface area (Å²) < 4.78 is 10.5. The Morgan fingerprint density at radius 3 is 2.76 bits per heavy atom. The van der Waals surface area contributed by atoms with Crippen molar-refractivity contribution >= 4 is 6.03 Å². The highest BCUT2D eigenvalue weighted by atomic mass is 16.7. The number of nitrogens with one attached hydrogen (secondary N) is 2. The lowest BCUT2D eigenvalue weighted by Crippen LogP contribution is -2.43. The molecule has 2 aliphatic rings. The minimum Gasteiger partial charge on any atom is -0.454 e. The zero-order valence-corrected chi connectivity index (χ0v) is 11.8. The van der Waals surface area contributed by atoms with Gasteiger partial charge in [0.2, 0.25) is 6.79 Å². The highest BCUT2D eigenvalue weighted by Gasteiger charge is 2.20. The minimum absolute atomic E-state index is 0.158. The van der Waals surface area contributed by atoms with Gasteiger partial charge >= 0.3 is 6.03 Å². The highest BCUT2D eigenvalue weighted by molar-refractivity contribution is 5.74. The molecule has 0 atom stereocenters. The van der Waals surface area contributed by atoms with Gasteiger partial charge in [-0.2, -0.15) is 0 Å². The molecule has 1 aromatic rings. The van der Waals surface area contributed by atoms with E-state index in [-0.39, 0.29) is 25.0 Å². The number of urea groups is 1. The number of amides is 2. The Balaban J connectivity index is 1.45. The number of rotatable bonds is 3. The zero-order chi connectivity index (χ0) is 14.7. The maximum absolute atomic E-state index is 11.9. The molecular weight excluding hydrogens is 272 g/mol. The second-order valence-electron chi connectivity index (χ2n) is 5.52. The molecule has 1 aliphatic heterocycles. The first kappa shape index (κ1) is 14.0. The predicted molar refractivity (Wildman–Crippen MR) is 76.2 cm³/mol. The van der Waals surface area contributed by atoms with E-state index in [4.69, 9.17) is 9.47 Å². The lowest BCUT2D eigenvalue weighted by molar-refractivity contribution is 0.117. The van der Waals surface area contributed by atoms with Crippen molar-refractivity contribution in [3.63, 3.8) is 0 Å². The van der Waals surface area contributed by atoms with E-state index >= 15 is 0 Å². The van der Waals surface area contributed by atoms with Crippen LogP contribution in [0, 0.1) is 0 Å². The number of aliphatic hydroxyl groups excluding tert-OH is 1. The lowest BCUT2D eigenvalue weighted by Gasteiger charge is -2.26. The van der Waals surface area contributed by atoms with Crippen LogP contribution in [0.3, 0.4) is 0 Å². The smallest absolute Gasteiger partial charge is 0.315 e. The Labute approximate surface area is 123 Å². The minimum atomic E-state index is -0.209. The maximum atomic E-state index is 11.9. The van der Waals surface area contributed by atoms with Gasteiger partial charge < -0.3 is 25.2 Å². The van der Waals surface area contributed by atoms with Crippen LogP contribution in [0.25, 0.3) is 0 Å². The molecule has 6 nitrogen and oxygen atoms in total. The van der Waals surface area contributed by atoms with E-state index in [2.05, 4.69) is 10.6 Å². The number of ether oxygens (including phenoxy) is 2. The number of fused-ring (bicyclic) bond motifs is 1. The fourth-order valence-electron chi connectivity index (χ4n) is 2.69. The third-order valence-corrected chi connectivity index (χ3v) is 3.92. The number of hydrogen-bond acceptors (Lipinski definition) is 4. The molecular formula is C15H20N2O4. The van der Waals surface area contributed by atoms with Crippen LogP contribution in [-0.2, 0) is 6.54 Å². The van der Waals surface area contributed by atoms with E-state index in [9.17, 15) is 9.90 Å². The quantitative estimate of drug-likeness (QED) is 0.789. The number of hydrogen-bond donors (Lipinski definition) is 3. The van der Waals surface area contributed by atoms with Crippen LogP contribution in [0.15, 0.2) is 18.2 Å². The van der Waals surface area contributed by atoms with Crippen molar-refractivity contribution in [1.29, 1.82) is 0 Å². The van der Waals surface area contributed by atoms with Crippen LogP contribution in [-0.4, -0.2) is 30.1 Å². The Hall–Kier alpha value is -1.95. The summed E-state index contributed by atoms with van der Waals surface area (Å²) >= 11 is 0. The normalized spacial score (nSPS) is 23.7. The summed E-state index contributed by atoms with van der Waals surface area (Å²) in [5.74, 6) is 1.46. The van der Waals surface area contributed by atoms with Gasteiger partial charge in [0.25, 0.3) is 0 Å². The monoisotopic (exact) mass is 292 g/mol. The Bertz CT molecular complexity index is 512. The average molecular weight is 292 g/mol. The summed E-state index contributed by atoms with van der Waals surface area (Å²) in [4.78, 5) is 11.9. The molecule has 6 heteroatoms. The van der Waals surface area contributed by atoms with E-state index in [0.717, 1.165) is 42.7 Å². The number of carbonyl (C=O) groups excluding carboxylic acids is 1. The van der Waals surface area contributed by atoms with Crippen LogP contribution in [0.1, 0.15) is 31.2 Å². The van der Waals surface area contributed by atoms with E-state index in [1.54, 1.807) is 0 Å². The molecule has 2 amide bonds. The van der Waals surface area contributed by atoms with Gasteiger partial charge in [0.15, 0.2) is 11.5 Å². The van der Waals surface area contributed by atoms with Crippen LogP contribution >= 0.6 is 0 Å². The van der Waals surface area contributed by atoms with Gasteiger partial charge in [0, 0.05) is 12.6 Å². The van der Waals surface area contributed by atoms with Crippen LogP contribution in [0.4, 0.5) is 4.79 Å². The molecule has 1 aliphatic carbocycles. The van der Waals surface area contributed by atoms with Gasteiger partial charge in [-0.3, -0.25) is 0 Å². The molecule has 3 rings (SSSR count). The van der Waals surface area contributed by atoms with E-state index < -0.39 is 0 Å². The van der Waals surface area contributed by atoms with Gasteiger partial charge in [0.1, 0.15) is 0 Å². The van der Waals surface area contributed by atoms with Gasteiger partial charge in [-0.15, -0.1) is 0 Å². The molecule has 0 aromatic heterocycles. The first-order valence-electron chi connectivity index (χ1n) is 7.31. The average Bonchev–Trinajstić information content (AvgIpc) is 2.95. The van der Waals surface area contributed by atoms with Crippen molar-refractivity contribution in [2.45, 2.75) is 44.4 Å². The van der Waals surface area contributed by atoms with Gasteiger partial charge in [-0.05, 0) is 43.4 Å². The van der Waals surface area contributed by atoms with Crippen molar-refractivity contribution in [1.82, 2.24) is 10.6 Å². The standard InChI is InChI=1S/C15H20N2O4/c18-12-4-2-11(3-5-12)17-15(19)16-8-10-1-6-13-14(7-10)21-9-20-13/h1,6-7,11-12,18H,2-5,8-9H2,(H2,16,17,19). The fourth-order valence-corrected chi connectivity index (χ4v) is 2.69. The molecule has 1 aromatic carbocycles. The first-order chi connectivity index (χ1) is 10.2. The van der Waals surface area contributed by atoms with E-state index in [1.165, 1.54) is 0 Å². The first-order valence-corrected chi connectivity index (χ1v) is 7.31. The molecule has 3 N–H and O–H groups in total. The van der Waals surface area contributed by atoms with Crippen molar-refractivity contribution in [2.75, 3.05) is 6.79 Å². The summed E-state index contributed by atoms with van der Waals surface area (Å²) in [6, 6.07) is 5.61. The largest absolute Gasteiger partial charge is 0.454 e. The van der Waals surface area contributed by atoms with Crippen molar-refractivity contribution in [2.24, 2.45) is 0 Å². The molecule has 114 valence electrons. The molecule has 0 bridgehead atoms. The van der Waals surface area contributed by atoms with Gasteiger partial charge in [-0.25, -0.2) is 4.79 Å². The Morgan fingerprint density at radius 1 is 1.19 bits per heavy atom. The summed E-state index contributed by atoms with van der Waals surface area (Å²) in [5, 5.41) is 15.2. The van der Waals surface area contributed by atoms with Gasteiger partial charge in [-0.1, -0.05) is 6.07 Å². The van der Waals surface area contributed by atoms with Crippen LogP contribution in [0.5, 0.6) is 11.5 Å². The van der Waals surface area contributed by atoms with Crippen molar-refractivity contribution in [3.8, 4) is 11.5 Å². The summed E-state index contributed by atoms with van der Waals surface area (Å²) in [5.41, 5.74) is 0.966. The number of aliphatic hydroxyl groups is 1. The maximum Gasteiger partial charge on any atom is 0.315 e. The molecule has 0 unspecified atom stereocenters. The van der Waals surface area contributed by atoms with Gasteiger partial charge in [0.05, 0.1) is 6.10 Å². The summed E-state index contributed by atoms with van der Waals surface area (Å²) in [6.45, 7) is 0.693. The fraction of sp³-hybridized carbons (Fsp3) is 0.533. The second-order valence-corrected chi connectivity index (χ2v) is 5.52. The predicted octanol–water partition coefficient (Wildman–Crippen LogP) is 1.52. The second kappa shape index (κ2) is 6.22. The molecule has 1 saturated carbocycles. The van der Waals surface area contributed by atoms with Crippen molar-refractivity contribution < 1.29 is 19.4 Å². The summed E-state index contributed by atoms with van der Waals surface area (Å²) in [7, 11) is 0. The van der Waals surface area contributed by atoms with Crippen LogP contribution < -0.4 is 20.1 Å². The molecule has 0 spiro atoms. The molecule has 0 radical (unpaired) electrons. The highest BCUT2D eigenvalue weighted by Crippen LogP contribution is 2.32. The topological polar surface area (TPSA) is 79.8 Å². The third-order valence-electron chi connectivity index (χ3n) is 3.92. The number of benzene rings is 1. The van der Waals surface area contributed by atoms with E-state index in [1.807, 2.05) is 18.2 Å². The Morgan fingerprint density at radius 2 is 1.95 bits per heavy atom.